The number of piperazine rings is 1. The van der Waals surface area contributed by atoms with Gasteiger partial charge in [0.15, 0.2) is 0 Å². The summed E-state index contributed by atoms with van der Waals surface area (Å²) in [6.45, 7) is 3.67. The van der Waals surface area contributed by atoms with E-state index in [1.165, 1.54) is 31.9 Å². The molecule has 2 fully saturated rings. The topological polar surface area (TPSA) is 116 Å². The van der Waals surface area contributed by atoms with Crippen LogP contribution in [0.25, 0.3) is 28.2 Å². The summed E-state index contributed by atoms with van der Waals surface area (Å²) in [4.78, 5) is 31.5. The van der Waals surface area contributed by atoms with Crippen LogP contribution in [0.4, 0.5) is 0 Å². The smallest absolute Gasteiger partial charge is 0.263 e. The zero-order chi connectivity index (χ0) is 31.7. The van der Waals surface area contributed by atoms with Gasteiger partial charge in [0, 0.05) is 60.3 Å². The van der Waals surface area contributed by atoms with E-state index in [-0.39, 0.29) is 12.5 Å². The van der Waals surface area contributed by atoms with Gasteiger partial charge in [-0.1, -0.05) is 25.3 Å². The zero-order valence-electron chi connectivity index (χ0n) is 26.1. The van der Waals surface area contributed by atoms with Crippen molar-refractivity contribution < 1.29 is 23.6 Å². The molecule has 2 amide bonds. The number of rotatable bonds is 8. The highest BCUT2D eigenvalue weighted by Crippen LogP contribution is 2.47. The first-order chi connectivity index (χ1) is 21.7. The number of ether oxygens (including phenoxy) is 1. The standard InChI is InChI=1S/C34H43N5O5S/c1-35-45(3,43)36-33(41)24-9-11-29-30(21-24)39-22-26(34(42)38-15-13-37(14-16-38)17-18-40)19-25-20-27(44-2)10-12-28(25)32(39)31(29)23-7-5-4-6-8-23/h9-12,19-21,23,40H,3-8,13-18,22H2,1-2H3,(H2,35,36,41,43). The second-order valence-electron chi connectivity index (χ2n) is 12.2. The SMILES string of the molecule is C=S(=O)(NC)NC(=O)c1ccc2c(C3CCCCC3)c3n(c2c1)CC(C(=O)N1CCN(CCO)CC1)=Cc1cc(OC)ccc1-3. The van der Waals surface area contributed by atoms with E-state index in [0.29, 0.717) is 56.3 Å². The van der Waals surface area contributed by atoms with Crippen LogP contribution < -0.4 is 14.2 Å². The predicted molar refractivity (Wildman–Crippen MR) is 180 cm³/mol. The molecule has 1 unspecified atom stereocenters. The number of carbonyl (C=O) groups excluding carboxylic acids is 2. The molecule has 3 heterocycles. The number of aromatic nitrogens is 1. The van der Waals surface area contributed by atoms with Crippen molar-refractivity contribution in [2.45, 2.75) is 44.6 Å². The van der Waals surface area contributed by atoms with Crippen molar-refractivity contribution in [2.75, 3.05) is 53.5 Å². The normalized spacial score (nSPS) is 18.8. The highest BCUT2D eigenvalue weighted by molar-refractivity contribution is 7.97. The summed E-state index contributed by atoms with van der Waals surface area (Å²) in [6.07, 6.45) is 7.73. The number of fused-ring (bicyclic) bond motifs is 5. The van der Waals surface area contributed by atoms with Crippen LogP contribution >= 0.6 is 0 Å². The number of nitrogens with zero attached hydrogens (tertiary/aromatic N) is 3. The summed E-state index contributed by atoms with van der Waals surface area (Å²) in [5.41, 5.74) is 6.21. The van der Waals surface area contributed by atoms with Crippen LogP contribution in [-0.2, 0) is 21.2 Å². The molecule has 1 saturated heterocycles. The highest BCUT2D eigenvalue weighted by atomic mass is 32.2. The Morgan fingerprint density at radius 1 is 1.07 bits per heavy atom. The summed E-state index contributed by atoms with van der Waals surface area (Å²) in [5.74, 6) is 4.18. The minimum atomic E-state index is -2.99. The molecule has 3 aromatic rings. The van der Waals surface area contributed by atoms with Crippen LogP contribution in [-0.4, -0.2) is 94.9 Å². The molecule has 3 aliphatic rings. The molecule has 1 saturated carbocycles. The summed E-state index contributed by atoms with van der Waals surface area (Å²) in [7, 11) is 0.153. The van der Waals surface area contributed by atoms with Crippen molar-refractivity contribution in [3.8, 4) is 17.0 Å². The van der Waals surface area contributed by atoms with Crippen LogP contribution in [0.3, 0.4) is 0 Å². The Kier molecular flexibility index (Phi) is 9.05. The lowest BCUT2D eigenvalue weighted by molar-refractivity contribution is -0.129. The molecule has 45 heavy (non-hydrogen) atoms. The monoisotopic (exact) mass is 633 g/mol. The maximum absolute atomic E-state index is 14.2. The van der Waals surface area contributed by atoms with Crippen molar-refractivity contribution >= 4 is 44.6 Å². The second-order valence-corrected chi connectivity index (χ2v) is 14.2. The van der Waals surface area contributed by atoms with Gasteiger partial charge in [-0.2, -0.15) is 0 Å². The molecule has 2 aliphatic heterocycles. The third kappa shape index (κ3) is 6.27. The molecule has 0 bridgehead atoms. The average Bonchev–Trinajstić information content (AvgIpc) is 3.27. The van der Waals surface area contributed by atoms with Crippen LogP contribution in [0, 0.1) is 0 Å². The summed E-state index contributed by atoms with van der Waals surface area (Å²) < 4.78 is 25.5. The molecular weight excluding hydrogens is 590 g/mol. The van der Waals surface area contributed by atoms with E-state index in [4.69, 9.17) is 4.74 Å². The molecule has 11 heteroatoms. The van der Waals surface area contributed by atoms with Gasteiger partial charge >= 0.3 is 0 Å². The Bertz CT molecular complexity index is 1750. The van der Waals surface area contributed by atoms with Crippen LogP contribution in [0.15, 0.2) is 42.0 Å². The van der Waals surface area contributed by atoms with E-state index in [2.05, 4.69) is 30.8 Å². The molecule has 10 nitrogen and oxygen atoms in total. The number of benzene rings is 2. The van der Waals surface area contributed by atoms with E-state index in [0.717, 1.165) is 46.3 Å². The summed E-state index contributed by atoms with van der Waals surface area (Å²) in [6, 6.07) is 11.7. The highest BCUT2D eigenvalue weighted by Gasteiger charge is 2.32. The third-order valence-electron chi connectivity index (χ3n) is 9.49. The van der Waals surface area contributed by atoms with Gasteiger partial charge in [-0.15, -0.1) is 0 Å². The Labute approximate surface area is 265 Å². The van der Waals surface area contributed by atoms with E-state index >= 15 is 0 Å². The molecular formula is C34H43N5O5S. The zero-order valence-corrected chi connectivity index (χ0v) is 27.0. The fraction of sp³-hybridized carbons (Fsp3) is 0.441. The first-order valence-corrected chi connectivity index (χ1v) is 17.5. The van der Waals surface area contributed by atoms with Gasteiger partial charge in [-0.05, 0) is 79.2 Å². The number of aliphatic hydroxyl groups excluding tert-OH is 1. The summed E-state index contributed by atoms with van der Waals surface area (Å²) >= 11 is 0. The van der Waals surface area contributed by atoms with Crippen molar-refractivity contribution in [1.29, 1.82) is 0 Å². The van der Waals surface area contributed by atoms with E-state index < -0.39 is 15.8 Å². The van der Waals surface area contributed by atoms with Crippen molar-refractivity contribution in [1.82, 2.24) is 23.8 Å². The minimum Gasteiger partial charge on any atom is -0.497 e. The van der Waals surface area contributed by atoms with E-state index in [1.807, 2.05) is 35.2 Å². The van der Waals surface area contributed by atoms with Gasteiger partial charge in [-0.25, -0.2) is 8.93 Å². The van der Waals surface area contributed by atoms with Crippen molar-refractivity contribution in [3.63, 3.8) is 0 Å². The Morgan fingerprint density at radius 3 is 2.51 bits per heavy atom. The maximum Gasteiger partial charge on any atom is 0.263 e. The molecule has 0 spiro atoms. The quantitative estimate of drug-likeness (QED) is 0.328. The number of β-amino-alcohol motifs (C(OH)–C–C–N with tert-alkyl or cyclic N) is 1. The minimum absolute atomic E-state index is 0.0129. The third-order valence-corrected chi connectivity index (χ3v) is 10.7. The number of aliphatic hydroxyl groups is 1. The molecule has 6 rings (SSSR count). The lowest BCUT2D eigenvalue weighted by Crippen LogP contribution is -2.49. The van der Waals surface area contributed by atoms with Gasteiger partial charge < -0.3 is 19.3 Å². The Hall–Kier alpha value is -3.64. The fourth-order valence-electron chi connectivity index (χ4n) is 7.09. The first-order valence-electron chi connectivity index (χ1n) is 15.8. The molecule has 1 aliphatic carbocycles. The first kappa shape index (κ1) is 31.3. The predicted octanol–water partition coefficient (Wildman–Crippen LogP) is 3.39. The molecule has 2 aromatic carbocycles. The lowest BCUT2D eigenvalue weighted by Gasteiger charge is -2.34. The van der Waals surface area contributed by atoms with Gasteiger partial charge in [0.05, 0.1) is 26.0 Å². The van der Waals surface area contributed by atoms with E-state index in [1.54, 1.807) is 13.2 Å². The maximum atomic E-state index is 14.2. The molecule has 0 radical (unpaired) electrons. The molecule has 3 N–H and O–H groups in total. The summed E-state index contributed by atoms with van der Waals surface area (Å²) in [5, 5.41) is 10.4. The molecule has 240 valence electrons. The Balaban J connectivity index is 1.51. The largest absolute Gasteiger partial charge is 0.497 e. The van der Waals surface area contributed by atoms with Crippen molar-refractivity contribution in [3.05, 3.63) is 58.7 Å². The second kappa shape index (κ2) is 13.0. The molecule has 1 aromatic heterocycles. The van der Waals surface area contributed by atoms with Gasteiger partial charge in [0.25, 0.3) is 11.8 Å². The van der Waals surface area contributed by atoms with Gasteiger partial charge in [-0.3, -0.25) is 19.2 Å². The molecule has 1 atom stereocenters. The number of hydrogen-bond acceptors (Lipinski definition) is 6. The fourth-order valence-corrected chi connectivity index (χ4v) is 7.61. The van der Waals surface area contributed by atoms with Crippen molar-refractivity contribution in [2.24, 2.45) is 0 Å². The van der Waals surface area contributed by atoms with Gasteiger partial charge in [0.2, 0.25) is 0 Å². The number of methoxy groups -OCH3 is 1. The Morgan fingerprint density at radius 2 is 1.82 bits per heavy atom. The average molecular weight is 634 g/mol. The van der Waals surface area contributed by atoms with Crippen LogP contribution in [0.2, 0.25) is 0 Å². The van der Waals surface area contributed by atoms with Crippen LogP contribution in [0.5, 0.6) is 5.75 Å². The number of hydrogen-bond donors (Lipinski definition) is 3. The van der Waals surface area contributed by atoms with E-state index in [9.17, 15) is 18.9 Å². The number of amides is 2. The van der Waals surface area contributed by atoms with Gasteiger partial charge in [0.1, 0.15) is 15.6 Å². The number of carbonyl (C=O) groups is 2. The lowest BCUT2D eigenvalue weighted by atomic mass is 9.81. The number of nitrogens with one attached hydrogen (secondary N) is 2. The van der Waals surface area contributed by atoms with Crippen LogP contribution in [0.1, 0.15) is 59.5 Å².